The van der Waals surface area contributed by atoms with Crippen LogP contribution >= 0.6 is 0 Å². The minimum Gasteiger partial charge on any atom is -0.376 e. The van der Waals surface area contributed by atoms with Crippen LogP contribution in [0.15, 0.2) is 29.1 Å². The predicted octanol–water partition coefficient (Wildman–Crippen LogP) is 3.22. The molecule has 2 atom stereocenters. The lowest BCUT2D eigenvalue weighted by molar-refractivity contribution is 0.0909. The van der Waals surface area contributed by atoms with Gasteiger partial charge in [-0.05, 0) is 84.8 Å². The van der Waals surface area contributed by atoms with Crippen LogP contribution in [0.4, 0.5) is 0 Å². The minimum absolute atomic E-state index is 0.0670. The van der Waals surface area contributed by atoms with E-state index in [9.17, 15) is 4.79 Å². The number of H-pyrrole nitrogens is 1. The largest absolute Gasteiger partial charge is 0.376 e. The third-order valence-corrected chi connectivity index (χ3v) is 6.85. The number of benzene rings is 1. The van der Waals surface area contributed by atoms with Crippen molar-refractivity contribution in [3.63, 3.8) is 0 Å². The first-order valence-corrected chi connectivity index (χ1v) is 12.0. The van der Waals surface area contributed by atoms with Gasteiger partial charge in [0.1, 0.15) is 6.04 Å². The fraction of sp³-hybridized carbons (Fsp3) is 0.583. The Kier molecular flexibility index (Phi) is 6.32. The van der Waals surface area contributed by atoms with Gasteiger partial charge in [0.05, 0.1) is 12.6 Å². The normalized spacial score (nSPS) is 21.1. The molecule has 2 fully saturated rings. The molecule has 32 heavy (non-hydrogen) atoms. The van der Waals surface area contributed by atoms with E-state index in [1.165, 1.54) is 18.4 Å². The Hall–Kier alpha value is -2.58. The number of aromatic amines is 1. The zero-order valence-electron chi connectivity index (χ0n) is 18.8. The molecule has 0 bridgehead atoms. The zero-order valence-corrected chi connectivity index (χ0v) is 18.8. The van der Waals surface area contributed by atoms with Crippen molar-refractivity contribution in [3.8, 4) is 0 Å². The number of hydrogen-bond donors (Lipinski definition) is 1. The highest BCUT2D eigenvalue weighted by Crippen LogP contribution is 2.30. The maximum Gasteiger partial charge on any atom is 0.253 e. The van der Waals surface area contributed by atoms with E-state index in [4.69, 9.17) is 4.74 Å². The van der Waals surface area contributed by atoms with Crippen molar-refractivity contribution in [1.29, 1.82) is 0 Å². The second-order valence-corrected chi connectivity index (χ2v) is 9.04. The maximum absolute atomic E-state index is 13.3. The summed E-state index contributed by atoms with van der Waals surface area (Å²) in [5.41, 5.74) is 2.77. The van der Waals surface area contributed by atoms with Crippen molar-refractivity contribution < 1.29 is 4.74 Å². The molecule has 2 aromatic heterocycles. The first-order chi connectivity index (χ1) is 15.7. The standard InChI is InChI=1S/C24H32N6O2/c1-2-17-9-10-21-18(14-17)15-20(24(31)25-21)22(29-11-5-3-4-6-12-29)23-26-27-28-30(23)16-19-8-7-13-32-19/h9-10,14-15,19,22H,2-8,11-13,16H2,1H3,(H,25,31)/t19-,22+/m1/s1. The molecule has 5 rings (SSSR count). The smallest absolute Gasteiger partial charge is 0.253 e. The summed E-state index contributed by atoms with van der Waals surface area (Å²) in [5, 5.41) is 13.8. The molecule has 8 heteroatoms. The van der Waals surface area contributed by atoms with E-state index in [0.717, 1.165) is 74.1 Å². The first-order valence-electron chi connectivity index (χ1n) is 12.0. The molecule has 2 saturated heterocycles. The van der Waals surface area contributed by atoms with Gasteiger partial charge in [-0.3, -0.25) is 9.69 Å². The van der Waals surface area contributed by atoms with Crippen LogP contribution in [-0.4, -0.2) is 55.9 Å². The van der Waals surface area contributed by atoms with Crippen LogP contribution in [0.3, 0.4) is 0 Å². The average molecular weight is 437 g/mol. The van der Waals surface area contributed by atoms with Crippen molar-refractivity contribution in [2.75, 3.05) is 19.7 Å². The Labute approximate surface area is 188 Å². The summed E-state index contributed by atoms with van der Waals surface area (Å²) in [7, 11) is 0. The van der Waals surface area contributed by atoms with Gasteiger partial charge in [0.2, 0.25) is 0 Å². The average Bonchev–Trinajstić information content (AvgIpc) is 3.41. The van der Waals surface area contributed by atoms with E-state index in [1.54, 1.807) is 0 Å². The van der Waals surface area contributed by atoms with E-state index in [0.29, 0.717) is 6.54 Å². The van der Waals surface area contributed by atoms with Gasteiger partial charge < -0.3 is 9.72 Å². The number of aromatic nitrogens is 5. The molecule has 0 aliphatic carbocycles. The summed E-state index contributed by atoms with van der Waals surface area (Å²) in [6.45, 7) is 5.43. The van der Waals surface area contributed by atoms with E-state index < -0.39 is 0 Å². The molecule has 0 unspecified atom stereocenters. The molecule has 8 nitrogen and oxygen atoms in total. The lowest BCUT2D eigenvalue weighted by atomic mass is 10.0. The summed E-state index contributed by atoms with van der Waals surface area (Å²) < 4.78 is 7.70. The summed E-state index contributed by atoms with van der Waals surface area (Å²) in [6.07, 6.45) is 7.86. The number of nitrogens with zero attached hydrogens (tertiary/aromatic N) is 5. The van der Waals surface area contributed by atoms with E-state index in [1.807, 2.05) is 16.8 Å². The molecule has 2 aliphatic rings. The Morgan fingerprint density at radius 1 is 1.16 bits per heavy atom. The van der Waals surface area contributed by atoms with Crippen molar-refractivity contribution in [3.05, 3.63) is 51.6 Å². The lowest BCUT2D eigenvalue weighted by Gasteiger charge is -2.30. The van der Waals surface area contributed by atoms with Gasteiger partial charge in [-0.25, -0.2) is 4.68 Å². The number of aryl methyl sites for hydroxylation is 1. The molecule has 0 spiro atoms. The van der Waals surface area contributed by atoms with Gasteiger partial charge in [-0.1, -0.05) is 25.8 Å². The van der Waals surface area contributed by atoms with E-state index >= 15 is 0 Å². The monoisotopic (exact) mass is 436 g/mol. The predicted molar refractivity (Wildman–Crippen MR) is 123 cm³/mol. The van der Waals surface area contributed by atoms with Gasteiger partial charge in [0.25, 0.3) is 5.56 Å². The second-order valence-electron chi connectivity index (χ2n) is 9.04. The molecular formula is C24H32N6O2. The summed E-state index contributed by atoms with van der Waals surface area (Å²) in [5.74, 6) is 0.735. The van der Waals surface area contributed by atoms with E-state index in [-0.39, 0.29) is 17.7 Å². The zero-order chi connectivity index (χ0) is 21.9. The van der Waals surface area contributed by atoms with Crippen molar-refractivity contribution in [1.82, 2.24) is 30.1 Å². The highest BCUT2D eigenvalue weighted by atomic mass is 16.5. The van der Waals surface area contributed by atoms with E-state index in [2.05, 4.69) is 44.5 Å². The van der Waals surface area contributed by atoms with Gasteiger partial charge in [-0.2, -0.15) is 0 Å². The van der Waals surface area contributed by atoms with Crippen LogP contribution in [0, 0.1) is 0 Å². The third-order valence-electron chi connectivity index (χ3n) is 6.85. The highest BCUT2D eigenvalue weighted by Gasteiger charge is 2.31. The third kappa shape index (κ3) is 4.34. The molecule has 0 saturated carbocycles. The molecule has 4 heterocycles. The Morgan fingerprint density at radius 3 is 2.75 bits per heavy atom. The lowest BCUT2D eigenvalue weighted by Crippen LogP contribution is -2.36. The number of pyridine rings is 1. The summed E-state index contributed by atoms with van der Waals surface area (Å²) in [6, 6.07) is 8.02. The van der Waals surface area contributed by atoms with Crippen LogP contribution < -0.4 is 5.56 Å². The van der Waals surface area contributed by atoms with Crippen LogP contribution in [0.25, 0.3) is 10.9 Å². The number of likely N-dealkylation sites (tertiary alicyclic amines) is 1. The Morgan fingerprint density at radius 2 is 2.00 bits per heavy atom. The number of rotatable bonds is 6. The van der Waals surface area contributed by atoms with Crippen LogP contribution in [-0.2, 0) is 17.7 Å². The Bertz CT molecular complexity index is 1110. The van der Waals surface area contributed by atoms with Gasteiger partial charge in [0, 0.05) is 17.7 Å². The van der Waals surface area contributed by atoms with Crippen molar-refractivity contribution in [2.45, 2.75) is 70.6 Å². The van der Waals surface area contributed by atoms with Crippen LogP contribution in [0.1, 0.15) is 68.4 Å². The Balaban J connectivity index is 1.60. The fourth-order valence-corrected chi connectivity index (χ4v) is 5.07. The summed E-state index contributed by atoms with van der Waals surface area (Å²) in [4.78, 5) is 18.8. The topological polar surface area (TPSA) is 88.9 Å². The molecule has 3 aromatic rings. The van der Waals surface area contributed by atoms with Gasteiger partial charge in [0.15, 0.2) is 5.82 Å². The van der Waals surface area contributed by atoms with Crippen molar-refractivity contribution >= 4 is 10.9 Å². The van der Waals surface area contributed by atoms with Crippen LogP contribution in [0.2, 0.25) is 0 Å². The number of nitrogens with one attached hydrogen (secondary N) is 1. The van der Waals surface area contributed by atoms with Gasteiger partial charge in [-0.15, -0.1) is 5.10 Å². The quantitative estimate of drug-likeness (QED) is 0.638. The van der Waals surface area contributed by atoms with Gasteiger partial charge >= 0.3 is 0 Å². The van der Waals surface area contributed by atoms with Crippen LogP contribution in [0.5, 0.6) is 0 Å². The molecule has 0 amide bonds. The highest BCUT2D eigenvalue weighted by molar-refractivity contribution is 5.80. The number of fused-ring (bicyclic) bond motifs is 1. The minimum atomic E-state index is -0.275. The molecule has 170 valence electrons. The molecule has 2 aliphatic heterocycles. The SMILES string of the molecule is CCc1ccc2[nH]c(=O)c([C@@H](c3nnnn3C[C@H]3CCCO3)N3CCCCCC3)cc2c1. The number of hydrogen-bond acceptors (Lipinski definition) is 6. The maximum atomic E-state index is 13.3. The molecule has 1 aromatic carbocycles. The molecular weight excluding hydrogens is 404 g/mol. The molecule has 0 radical (unpaired) electrons. The van der Waals surface area contributed by atoms with Crippen molar-refractivity contribution in [2.24, 2.45) is 0 Å². The molecule has 1 N–H and O–H groups in total. The first kappa shape index (κ1) is 21.3. The fourth-order valence-electron chi connectivity index (χ4n) is 5.07. The second kappa shape index (κ2) is 9.50. The summed E-state index contributed by atoms with van der Waals surface area (Å²) >= 11 is 0. The number of ether oxygens (including phenoxy) is 1. The number of tetrazole rings is 1.